The van der Waals surface area contributed by atoms with Gasteiger partial charge in [0, 0.05) is 12.2 Å². The monoisotopic (exact) mass is 244 g/mol. The summed E-state index contributed by atoms with van der Waals surface area (Å²) in [5.74, 6) is 0. The van der Waals surface area contributed by atoms with E-state index in [4.69, 9.17) is 5.73 Å². The van der Waals surface area contributed by atoms with Crippen molar-refractivity contribution in [2.24, 2.45) is 0 Å². The molecule has 0 heterocycles. The molecule has 3 nitrogen and oxygen atoms in total. The van der Waals surface area contributed by atoms with Crippen molar-refractivity contribution in [2.45, 2.75) is 20.0 Å². The molecule has 1 aromatic carbocycles. The predicted octanol–water partition coefficient (Wildman–Crippen LogP) is 2.07. The Morgan fingerprint density at radius 1 is 1.19 bits per heavy atom. The van der Waals surface area contributed by atoms with Crippen LogP contribution in [0.2, 0.25) is 0 Å². The van der Waals surface area contributed by atoms with E-state index in [0.717, 1.165) is 24.3 Å². The van der Waals surface area contributed by atoms with Crippen molar-refractivity contribution in [1.82, 2.24) is 4.90 Å². The topological polar surface area (TPSA) is 49.5 Å². The normalized spacial score (nSPS) is 12.2. The summed E-state index contributed by atoms with van der Waals surface area (Å²) in [7, 11) is 0. The maximum atomic E-state index is 9.96. The number of rotatable bonds is 5. The zero-order valence-electron chi connectivity index (χ0n) is 9.89. The van der Waals surface area contributed by atoms with E-state index < -0.39 is 6.10 Å². The lowest BCUT2D eigenvalue weighted by molar-refractivity contribution is 0.119. The van der Waals surface area contributed by atoms with Crippen LogP contribution in [-0.2, 0) is 0 Å². The number of likely N-dealkylation sites (N-methyl/N-ethyl adjacent to an activating group) is 1. The minimum Gasteiger partial charge on any atom is -0.399 e. The zero-order valence-corrected chi connectivity index (χ0v) is 10.7. The number of benzene rings is 1. The molecule has 1 unspecified atom stereocenters. The Bertz CT molecular complexity index is 286. The zero-order chi connectivity index (χ0) is 11.3. The van der Waals surface area contributed by atoms with Crippen molar-refractivity contribution in [2.75, 3.05) is 25.4 Å². The molecule has 0 fully saturated rings. The van der Waals surface area contributed by atoms with Gasteiger partial charge < -0.3 is 15.7 Å². The average molecular weight is 245 g/mol. The van der Waals surface area contributed by atoms with Crippen LogP contribution in [0.4, 0.5) is 5.69 Å². The minimum absolute atomic E-state index is 0. The SMILES string of the molecule is CCN(CC)CC(O)c1ccc(N)cc1.Cl. The van der Waals surface area contributed by atoms with E-state index in [1.165, 1.54) is 0 Å². The summed E-state index contributed by atoms with van der Waals surface area (Å²) in [6.07, 6.45) is -0.425. The average Bonchev–Trinajstić information content (AvgIpc) is 2.26. The lowest BCUT2D eigenvalue weighted by atomic mass is 10.1. The van der Waals surface area contributed by atoms with Crippen LogP contribution in [0.25, 0.3) is 0 Å². The molecule has 16 heavy (non-hydrogen) atoms. The van der Waals surface area contributed by atoms with Crippen molar-refractivity contribution in [3.63, 3.8) is 0 Å². The number of aliphatic hydroxyl groups is 1. The Kier molecular flexibility index (Phi) is 7.13. The van der Waals surface area contributed by atoms with E-state index in [2.05, 4.69) is 18.7 Å². The van der Waals surface area contributed by atoms with Crippen LogP contribution in [0.15, 0.2) is 24.3 Å². The van der Waals surface area contributed by atoms with Gasteiger partial charge in [0.15, 0.2) is 0 Å². The second kappa shape index (κ2) is 7.49. The van der Waals surface area contributed by atoms with Crippen LogP contribution in [0.1, 0.15) is 25.5 Å². The molecule has 0 spiro atoms. The Labute approximate surface area is 104 Å². The number of nitrogens with two attached hydrogens (primary N) is 1. The van der Waals surface area contributed by atoms with Gasteiger partial charge in [-0.3, -0.25) is 0 Å². The third kappa shape index (κ3) is 4.39. The molecule has 92 valence electrons. The molecular formula is C12H21ClN2O. The largest absolute Gasteiger partial charge is 0.399 e. The molecule has 0 aliphatic carbocycles. The Morgan fingerprint density at radius 3 is 2.12 bits per heavy atom. The van der Waals surface area contributed by atoms with Gasteiger partial charge in [0.05, 0.1) is 6.10 Å². The Hall–Kier alpha value is -0.770. The van der Waals surface area contributed by atoms with E-state index in [1.807, 2.05) is 24.3 Å². The van der Waals surface area contributed by atoms with Gasteiger partial charge in [0.2, 0.25) is 0 Å². The van der Waals surface area contributed by atoms with Gasteiger partial charge in [-0.05, 0) is 30.8 Å². The molecule has 1 atom stereocenters. The van der Waals surface area contributed by atoms with Crippen LogP contribution >= 0.6 is 12.4 Å². The highest BCUT2D eigenvalue weighted by Gasteiger charge is 2.10. The number of anilines is 1. The molecule has 0 saturated carbocycles. The van der Waals surface area contributed by atoms with E-state index in [0.29, 0.717) is 6.54 Å². The number of nitrogens with zero attached hydrogens (tertiary/aromatic N) is 1. The van der Waals surface area contributed by atoms with Crippen LogP contribution < -0.4 is 5.73 Å². The first-order valence-corrected chi connectivity index (χ1v) is 5.43. The molecule has 4 heteroatoms. The Balaban J connectivity index is 0.00000225. The second-order valence-corrected chi connectivity index (χ2v) is 3.67. The molecule has 0 radical (unpaired) electrons. The lowest BCUT2D eigenvalue weighted by Crippen LogP contribution is -2.28. The van der Waals surface area contributed by atoms with Gasteiger partial charge in [-0.15, -0.1) is 12.4 Å². The number of aliphatic hydroxyl groups excluding tert-OH is 1. The van der Waals surface area contributed by atoms with E-state index in [1.54, 1.807) is 0 Å². The van der Waals surface area contributed by atoms with Crippen molar-refractivity contribution in [3.05, 3.63) is 29.8 Å². The van der Waals surface area contributed by atoms with Gasteiger partial charge in [0.25, 0.3) is 0 Å². The molecule has 0 aromatic heterocycles. The molecule has 1 aromatic rings. The van der Waals surface area contributed by atoms with Crippen molar-refractivity contribution >= 4 is 18.1 Å². The quantitative estimate of drug-likeness (QED) is 0.780. The van der Waals surface area contributed by atoms with E-state index in [-0.39, 0.29) is 12.4 Å². The fourth-order valence-corrected chi connectivity index (χ4v) is 1.55. The highest BCUT2D eigenvalue weighted by molar-refractivity contribution is 5.85. The molecule has 0 aliphatic heterocycles. The third-order valence-corrected chi connectivity index (χ3v) is 2.65. The summed E-state index contributed by atoms with van der Waals surface area (Å²) in [6, 6.07) is 7.40. The summed E-state index contributed by atoms with van der Waals surface area (Å²) in [6.45, 7) is 6.79. The highest BCUT2D eigenvalue weighted by atomic mass is 35.5. The smallest absolute Gasteiger partial charge is 0.0916 e. The maximum Gasteiger partial charge on any atom is 0.0916 e. The standard InChI is InChI=1S/C12H20N2O.ClH/c1-3-14(4-2)9-12(15)10-5-7-11(13)8-6-10;/h5-8,12,15H,3-4,9,13H2,1-2H3;1H. The fraction of sp³-hybridized carbons (Fsp3) is 0.500. The summed E-state index contributed by atoms with van der Waals surface area (Å²) in [5.41, 5.74) is 7.25. The van der Waals surface area contributed by atoms with Crippen molar-refractivity contribution < 1.29 is 5.11 Å². The maximum absolute atomic E-state index is 9.96. The first kappa shape index (κ1) is 15.2. The molecule has 0 amide bonds. The van der Waals surface area contributed by atoms with Crippen molar-refractivity contribution in [1.29, 1.82) is 0 Å². The Morgan fingerprint density at radius 2 is 1.69 bits per heavy atom. The fourth-order valence-electron chi connectivity index (χ4n) is 1.55. The predicted molar refractivity (Wildman–Crippen MR) is 70.9 cm³/mol. The van der Waals surface area contributed by atoms with Gasteiger partial charge >= 0.3 is 0 Å². The van der Waals surface area contributed by atoms with E-state index >= 15 is 0 Å². The van der Waals surface area contributed by atoms with Gasteiger partial charge in [-0.2, -0.15) is 0 Å². The second-order valence-electron chi connectivity index (χ2n) is 3.67. The first-order valence-electron chi connectivity index (χ1n) is 5.43. The lowest BCUT2D eigenvalue weighted by Gasteiger charge is -2.22. The van der Waals surface area contributed by atoms with Crippen LogP contribution in [0.5, 0.6) is 0 Å². The molecule has 1 rings (SSSR count). The molecular weight excluding hydrogens is 224 g/mol. The summed E-state index contributed by atoms with van der Waals surface area (Å²) in [4.78, 5) is 2.20. The number of halogens is 1. The molecule has 0 bridgehead atoms. The van der Waals surface area contributed by atoms with Crippen LogP contribution in [-0.4, -0.2) is 29.6 Å². The minimum atomic E-state index is -0.425. The number of hydrogen-bond acceptors (Lipinski definition) is 3. The summed E-state index contributed by atoms with van der Waals surface area (Å²) >= 11 is 0. The number of nitrogen functional groups attached to an aromatic ring is 1. The third-order valence-electron chi connectivity index (χ3n) is 2.65. The molecule has 0 aliphatic rings. The van der Waals surface area contributed by atoms with E-state index in [9.17, 15) is 5.11 Å². The van der Waals surface area contributed by atoms with Crippen LogP contribution in [0, 0.1) is 0 Å². The molecule has 0 saturated heterocycles. The first-order chi connectivity index (χ1) is 7.17. The highest BCUT2D eigenvalue weighted by Crippen LogP contribution is 2.15. The summed E-state index contributed by atoms with van der Waals surface area (Å²) in [5, 5.41) is 9.96. The van der Waals surface area contributed by atoms with Gasteiger partial charge in [-0.1, -0.05) is 26.0 Å². The van der Waals surface area contributed by atoms with Crippen LogP contribution in [0.3, 0.4) is 0 Å². The van der Waals surface area contributed by atoms with Gasteiger partial charge in [0.1, 0.15) is 0 Å². The summed E-state index contributed by atoms with van der Waals surface area (Å²) < 4.78 is 0. The van der Waals surface area contributed by atoms with Gasteiger partial charge in [-0.25, -0.2) is 0 Å². The molecule has 3 N–H and O–H groups in total. The van der Waals surface area contributed by atoms with Crippen molar-refractivity contribution in [3.8, 4) is 0 Å². The number of hydrogen-bond donors (Lipinski definition) is 2.